The summed E-state index contributed by atoms with van der Waals surface area (Å²) in [6.45, 7) is 1.06. The lowest BCUT2D eigenvalue weighted by Gasteiger charge is -2.26. The normalized spacial score (nSPS) is 19.0. The van der Waals surface area contributed by atoms with Crippen LogP contribution in [0.15, 0.2) is 60.7 Å². The Bertz CT molecular complexity index is 841. The number of nitrogens with one attached hydrogen (secondary N) is 1. The average molecular weight is 332 g/mol. The smallest absolute Gasteiger partial charge is 0.0812 e. The van der Waals surface area contributed by atoms with E-state index in [0.29, 0.717) is 6.04 Å². The van der Waals surface area contributed by atoms with Crippen LogP contribution >= 0.6 is 0 Å². The van der Waals surface area contributed by atoms with Gasteiger partial charge in [-0.2, -0.15) is 0 Å². The van der Waals surface area contributed by atoms with Crippen molar-refractivity contribution in [1.82, 2.24) is 10.3 Å². The van der Waals surface area contributed by atoms with Crippen molar-refractivity contribution in [2.45, 2.75) is 37.8 Å². The molecule has 128 valence electrons. The quantitative estimate of drug-likeness (QED) is 0.741. The number of aromatic nitrogens is 1. The van der Waals surface area contributed by atoms with Gasteiger partial charge in [-0.05, 0) is 43.5 Å². The average Bonchev–Trinajstić information content (AvgIpc) is 2.68. The summed E-state index contributed by atoms with van der Waals surface area (Å²) in [6, 6.07) is 20.7. The highest BCUT2D eigenvalue weighted by Gasteiger charge is 2.20. The fraction of sp³-hybridized carbons (Fsp3) is 0.318. The summed E-state index contributed by atoms with van der Waals surface area (Å²) in [6.07, 6.45) is 3.90. The van der Waals surface area contributed by atoms with Crippen LogP contribution in [0.3, 0.4) is 0 Å². The molecule has 3 aromatic rings. The van der Waals surface area contributed by atoms with E-state index in [0.717, 1.165) is 47.1 Å². The summed E-state index contributed by atoms with van der Waals surface area (Å²) in [7, 11) is 0. The van der Waals surface area contributed by atoms with E-state index in [1.165, 1.54) is 12.8 Å². The standard InChI is InChI=1S/C22H24N2O/c25-22(14-17-10-6-7-13-23-17)19-15-21(16-8-2-1-3-9-16)24-20-12-5-4-11-18(19)20/h1-5,8-9,11-12,15,17,22-23,25H,6-7,10,13-14H2. The number of hydrogen-bond donors (Lipinski definition) is 2. The number of aliphatic hydroxyl groups is 1. The van der Waals surface area contributed by atoms with Crippen molar-refractivity contribution in [1.29, 1.82) is 0 Å². The van der Waals surface area contributed by atoms with Gasteiger partial charge in [0, 0.05) is 17.0 Å². The second-order valence-corrected chi connectivity index (χ2v) is 6.88. The second-order valence-electron chi connectivity index (χ2n) is 6.88. The van der Waals surface area contributed by atoms with E-state index < -0.39 is 6.10 Å². The van der Waals surface area contributed by atoms with Crippen LogP contribution in [0, 0.1) is 0 Å². The maximum absolute atomic E-state index is 11.0. The molecule has 25 heavy (non-hydrogen) atoms. The van der Waals surface area contributed by atoms with Crippen molar-refractivity contribution in [2.75, 3.05) is 6.54 Å². The summed E-state index contributed by atoms with van der Waals surface area (Å²) < 4.78 is 0. The summed E-state index contributed by atoms with van der Waals surface area (Å²) in [5.41, 5.74) is 3.92. The zero-order valence-corrected chi connectivity index (χ0v) is 14.4. The molecule has 2 unspecified atom stereocenters. The highest BCUT2D eigenvalue weighted by molar-refractivity contribution is 5.85. The van der Waals surface area contributed by atoms with Crippen LogP contribution in [0.2, 0.25) is 0 Å². The zero-order chi connectivity index (χ0) is 17.1. The Hall–Kier alpha value is -2.23. The number of rotatable bonds is 4. The fourth-order valence-electron chi connectivity index (χ4n) is 3.76. The largest absolute Gasteiger partial charge is 0.388 e. The first-order valence-electron chi connectivity index (χ1n) is 9.18. The van der Waals surface area contributed by atoms with Gasteiger partial charge in [0.1, 0.15) is 0 Å². The maximum atomic E-state index is 11.0. The molecule has 0 radical (unpaired) electrons. The predicted molar refractivity (Wildman–Crippen MR) is 102 cm³/mol. The van der Waals surface area contributed by atoms with Crippen LogP contribution in [0.5, 0.6) is 0 Å². The Balaban J connectivity index is 1.73. The molecule has 3 heteroatoms. The SMILES string of the molecule is OC(CC1CCCCN1)c1cc(-c2ccccc2)nc2ccccc12. The number of benzene rings is 2. The van der Waals surface area contributed by atoms with Crippen molar-refractivity contribution in [3.63, 3.8) is 0 Å². The monoisotopic (exact) mass is 332 g/mol. The highest BCUT2D eigenvalue weighted by Crippen LogP contribution is 2.31. The van der Waals surface area contributed by atoms with Crippen LogP contribution in [0.25, 0.3) is 22.2 Å². The highest BCUT2D eigenvalue weighted by atomic mass is 16.3. The van der Waals surface area contributed by atoms with Crippen LogP contribution in [-0.4, -0.2) is 22.7 Å². The lowest BCUT2D eigenvalue weighted by molar-refractivity contribution is 0.146. The molecule has 0 aliphatic carbocycles. The molecule has 4 rings (SSSR count). The summed E-state index contributed by atoms with van der Waals surface area (Å²) in [5.74, 6) is 0. The molecule has 0 saturated carbocycles. The van der Waals surface area contributed by atoms with Gasteiger partial charge in [-0.15, -0.1) is 0 Å². The van der Waals surface area contributed by atoms with E-state index in [-0.39, 0.29) is 0 Å². The number of fused-ring (bicyclic) bond motifs is 1. The van der Waals surface area contributed by atoms with Crippen molar-refractivity contribution < 1.29 is 5.11 Å². The lowest BCUT2D eigenvalue weighted by Crippen LogP contribution is -2.35. The molecule has 1 saturated heterocycles. The molecule has 2 N–H and O–H groups in total. The Labute approximate surface area is 148 Å². The predicted octanol–water partition coefficient (Wildman–Crippen LogP) is 4.47. The minimum atomic E-state index is -0.481. The number of para-hydroxylation sites is 1. The van der Waals surface area contributed by atoms with E-state index in [9.17, 15) is 5.11 Å². The number of pyridine rings is 1. The number of aliphatic hydroxyl groups excluding tert-OH is 1. The third-order valence-electron chi connectivity index (χ3n) is 5.10. The molecule has 0 amide bonds. The molecule has 1 fully saturated rings. The van der Waals surface area contributed by atoms with Crippen molar-refractivity contribution >= 4 is 10.9 Å². The van der Waals surface area contributed by atoms with E-state index in [1.807, 2.05) is 36.4 Å². The van der Waals surface area contributed by atoms with Crippen molar-refractivity contribution in [3.05, 3.63) is 66.2 Å². The Morgan fingerprint density at radius 3 is 2.64 bits per heavy atom. The van der Waals surface area contributed by atoms with Gasteiger partial charge in [0.2, 0.25) is 0 Å². The first kappa shape index (κ1) is 16.2. The fourth-order valence-corrected chi connectivity index (χ4v) is 3.76. The first-order chi connectivity index (χ1) is 12.3. The van der Waals surface area contributed by atoms with Crippen molar-refractivity contribution in [2.24, 2.45) is 0 Å². The first-order valence-corrected chi connectivity index (χ1v) is 9.18. The summed E-state index contributed by atoms with van der Waals surface area (Å²) in [5, 5.41) is 15.6. The molecular formula is C22H24N2O. The van der Waals surface area contributed by atoms with Crippen molar-refractivity contribution in [3.8, 4) is 11.3 Å². The number of hydrogen-bond acceptors (Lipinski definition) is 3. The number of piperidine rings is 1. The summed E-state index contributed by atoms with van der Waals surface area (Å²) >= 11 is 0. The molecule has 2 heterocycles. The molecule has 1 aliphatic rings. The van der Waals surface area contributed by atoms with E-state index in [4.69, 9.17) is 4.98 Å². The van der Waals surface area contributed by atoms with Gasteiger partial charge in [-0.25, -0.2) is 4.98 Å². The Morgan fingerprint density at radius 1 is 1.04 bits per heavy atom. The Kier molecular flexibility index (Phi) is 4.77. The minimum absolute atomic E-state index is 0.399. The number of nitrogens with zero attached hydrogens (tertiary/aromatic N) is 1. The van der Waals surface area contributed by atoms with Crippen LogP contribution in [0.4, 0.5) is 0 Å². The van der Waals surface area contributed by atoms with Gasteiger partial charge < -0.3 is 10.4 Å². The summed E-state index contributed by atoms with van der Waals surface area (Å²) in [4.78, 5) is 4.81. The van der Waals surface area contributed by atoms with Crippen LogP contribution in [0.1, 0.15) is 37.4 Å². The van der Waals surface area contributed by atoms with Gasteiger partial charge in [-0.1, -0.05) is 55.0 Å². The van der Waals surface area contributed by atoms with E-state index in [2.05, 4.69) is 29.6 Å². The molecule has 3 nitrogen and oxygen atoms in total. The van der Waals surface area contributed by atoms with Gasteiger partial charge in [0.05, 0.1) is 17.3 Å². The second kappa shape index (κ2) is 7.34. The third kappa shape index (κ3) is 3.58. The molecule has 1 aliphatic heterocycles. The molecule has 0 bridgehead atoms. The molecule has 2 aromatic carbocycles. The van der Waals surface area contributed by atoms with Gasteiger partial charge >= 0.3 is 0 Å². The van der Waals surface area contributed by atoms with Crippen LogP contribution < -0.4 is 5.32 Å². The molecule has 2 atom stereocenters. The zero-order valence-electron chi connectivity index (χ0n) is 14.4. The van der Waals surface area contributed by atoms with E-state index in [1.54, 1.807) is 0 Å². The maximum Gasteiger partial charge on any atom is 0.0812 e. The molecule has 1 aromatic heterocycles. The van der Waals surface area contributed by atoms with Crippen LogP contribution in [-0.2, 0) is 0 Å². The van der Waals surface area contributed by atoms with Gasteiger partial charge in [-0.3, -0.25) is 0 Å². The topological polar surface area (TPSA) is 45.1 Å². The van der Waals surface area contributed by atoms with Gasteiger partial charge in [0.25, 0.3) is 0 Å². The van der Waals surface area contributed by atoms with Gasteiger partial charge in [0.15, 0.2) is 0 Å². The molecule has 0 spiro atoms. The Morgan fingerprint density at radius 2 is 1.84 bits per heavy atom. The molecular weight excluding hydrogens is 308 g/mol. The van der Waals surface area contributed by atoms with E-state index >= 15 is 0 Å². The third-order valence-corrected chi connectivity index (χ3v) is 5.10. The minimum Gasteiger partial charge on any atom is -0.388 e. The lowest BCUT2D eigenvalue weighted by atomic mass is 9.93.